The van der Waals surface area contributed by atoms with Crippen molar-refractivity contribution in [2.24, 2.45) is 5.92 Å². The maximum atomic E-state index is 11.7. The molecule has 1 aliphatic rings. The summed E-state index contributed by atoms with van der Waals surface area (Å²) >= 11 is 0. The van der Waals surface area contributed by atoms with Gasteiger partial charge in [0.2, 0.25) is 0 Å². The molecule has 2 rings (SSSR count). The topological polar surface area (TPSA) is 50.4 Å². The number of piperidine rings is 1. The van der Waals surface area contributed by atoms with E-state index < -0.39 is 5.60 Å². The van der Waals surface area contributed by atoms with Crippen LogP contribution in [0.25, 0.3) is 0 Å². The first-order chi connectivity index (χ1) is 9.94. The average molecular weight is 290 g/mol. The molecule has 0 saturated carbocycles. The van der Waals surface area contributed by atoms with Crippen molar-refractivity contribution in [2.45, 2.75) is 45.3 Å². The molecule has 0 spiro atoms. The smallest absolute Gasteiger partial charge is 0.407 e. The number of carbonyl (C=O) groups excluding carboxylic acids is 1. The third kappa shape index (κ3) is 5.38. The van der Waals surface area contributed by atoms with E-state index in [9.17, 15) is 4.79 Å². The molecule has 2 N–H and O–H groups in total. The van der Waals surface area contributed by atoms with Crippen LogP contribution in [0.5, 0.6) is 0 Å². The van der Waals surface area contributed by atoms with Gasteiger partial charge in [-0.2, -0.15) is 0 Å². The van der Waals surface area contributed by atoms with Crippen molar-refractivity contribution >= 4 is 6.09 Å². The number of hydrogen-bond donors (Lipinski definition) is 2. The van der Waals surface area contributed by atoms with Gasteiger partial charge in [0.25, 0.3) is 0 Å². The summed E-state index contributed by atoms with van der Waals surface area (Å²) in [5.41, 5.74) is 0.879. The lowest BCUT2D eigenvalue weighted by Crippen LogP contribution is -2.39. The van der Waals surface area contributed by atoms with Crippen LogP contribution >= 0.6 is 0 Å². The molecule has 1 fully saturated rings. The van der Waals surface area contributed by atoms with Gasteiger partial charge in [-0.05, 0) is 51.6 Å². The lowest BCUT2D eigenvalue weighted by Gasteiger charge is -2.31. The van der Waals surface area contributed by atoms with Gasteiger partial charge in [0.15, 0.2) is 0 Å². The molecule has 0 aliphatic carbocycles. The number of rotatable bonds is 3. The molecule has 1 amide bonds. The Kier molecular flexibility index (Phi) is 5.23. The third-order valence-corrected chi connectivity index (χ3v) is 3.65. The van der Waals surface area contributed by atoms with Gasteiger partial charge in [-0.1, -0.05) is 30.3 Å². The zero-order chi connectivity index (χ0) is 15.3. The highest BCUT2D eigenvalue weighted by molar-refractivity contribution is 5.67. The molecule has 2 atom stereocenters. The van der Waals surface area contributed by atoms with Gasteiger partial charge in [-0.25, -0.2) is 4.79 Å². The summed E-state index contributed by atoms with van der Waals surface area (Å²) in [5.74, 6) is 0.490. The summed E-state index contributed by atoms with van der Waals surface area (Å²) in [6.07, 6.45) is 1.80. The molecule has 1 aliphatic heterocycles. The summed E-state index contributed by atoms with van der Waals surface area (Å²) < 4.78 is 5.27. The van der Waals surface area contributed by atoms with Crippen LogP contribution in [0.1, 0.15) is 45.2 Å². The van der Waals surface area contributed by atoms with Crippen molar-refractivity contribution in [3.05, 3.63) is 35.9 Å². The standard InChI is InChI=1S/C17H26N2O2/c1-17(2,3)21-16(20)19-12-13-9-10-18-15(11-13)14-7-5-4-6-8-14/h4-8,13,15,18H,9-12H2,1-3H3,(H,19,20). The third-order valence-electron chi connectivity index (χ3n) is 3.65. The van der Waals surface area contributed by atoms with Crippen LogP contribution in [0.3, 0.4) is 0 Å². The van der Waals surface area contributed by atoms with Crippen molar-refractivity contribution in [1.82, 2.24) is 10.6 Å². The SMILES string of the molecule is CC(C)(C)OC(=O)NCC1CCNC(c2ccccc2)C1. The van der Waals surface area contributed by atoms with E-state index in [-0.39, 0.29) is 6.09 Å². The van der Waals surface area contributed by atoms with Crippen LogP contribution in [0.4, 0.5) is 4.79 Å². The number of alkyl carbamates (subject to hydrolysis) is 1. The number of carbonyl (C=O) groups is 1. The van der Waals surface area contributed by atoms with Crippen molar-refractivity contribution in [2.75, 3.05) is 13.1 Å². The van der Waals surface area contributed by atoms with E-state index in [1.165, 1.54) is 5.56 Å². The fourth-order valence-electron chi connectivity index (χ4n) is 2.66. The van der Waals surface area contributed by atoms with Crippen LogP contribution in [0.15, 0.2) is 30.3 Å². The van der Waals surface area contributed by atoms with E-state index in [1.807, 2.05) is 26.8 Å². The van der Waals surface area contributed by atoms with Gasteiger partial charge in [-0.3, -0.25) is 0 Å². The van der Waals surface area contributed by atoms with E-state index >= 15 is 0 Å². The zero-order valence-electron chi connectivity index (χ0n) is 13.2. The number of benzene rings is 1. The van der Waals surface area contributed by atoms with Gasteiger partial charge in [-0.15, -0.1) is 0 Å². The molecule has 21 heavy (non-hydrogen) atoms. The Morgan fingerprint density at radius 2 is 2.05 bits per heavy atom. The van der Waals surface area contributed by atoms with Crippen LogP contribution in [0.2, 0.25) is 0 Å². The van der Waals surface area contributed by atoms with Crippen LogP contribution in [-0.4, -0.2) is 24.8 Å². The first-order valence-electron chi connectivity index (χ1n) is 7.69. The molecule has 0 bridgehead atoms. The van der Waals surface area contributed by atoms with E-state index in [4.69, 9.17) is 4.74 Å². The zero-order valence-corrected chi connectivity index (χ0v) is 13.2. The highest BCUT2D eigenvalue weighted by Gasteiger charge is 2.24. The highest BCUT2D eigenvalue weighted by Crippen LogP contribution is 2.26. The molecule has 4 heteroatoms. The molecule has 2 unspecified atom stereocenters. The second-order valence-electron chi connectivity index (χ2n) is 6.69. The fourth-order valence-corrected chi connectivity index (χ4v) is 2.66. The molecular weight excluding hydrogens is 264 g/mol. The van der Waals surface area contributed by atoms with Gasteiger partial charge in [0.05, 0.1) is 0 Å². The molecule has 0 aromatic heterocycles. The molecule has 4 nitrogen and oxygen atoms in total. The summed E-state index contributed by atoms with van der Waals surface area (Å²) in [4.78, 5) is 11.7. The highest BCUT2D eigenvalue weighted by atomic mass is 16.6. The second-order valence-corrected chi connectivity index (χ2v) is 6.69. The Hall–Kier alpha value is -1.55. The second kappa shape index (κ2) is 6.94. The summed E-state index contributed by atoms with van der Waals surface area (Å²) in [5, 5.41) is 6.44. The summed E-state index contributed by atoms with van der Waals surface area (Å²) in [7, 11) is 0. The predicted octanol–water partition coefficient (Wildman–Crippen LogP) is 3.25. The molecule has 0 radical (unpaired) electrons. The van der Waals surface area contributed by atoms with E-state index in [0.29, 0.717) is 18.5 Å². The van der Waals surface area contributed by atoms with Crippen molar-refractivity contribution in [3.63, 3.8) is 0 Å². The van der Waals surface area contributed by atoms with Crippen LogP contribution in [0, 0.1) is 5.92 Å². The molecular formula is C17H26N2O2. The summed E-state index contributed by atoms with van der Waals surface area (Å²) in [6.45, 7) is 7.30. The number of nitrogens with one attached hydrogen (secondary N) is 2. The molecule has 1 aromatic carbocycles. The Morgan fingerprint density at radius 3 is 2.71 bits per heavy atom. The maximum absolute atomic E-state index is 11.7. The monoisotopic (exact) mass is 290 g/mol. The first-order valence-corrected chi connectivity index (χ1v) is 7.69. The number of amides is 1. The minimum Gasteiger partial charge on any atom is -0.444 e. The Balaban J connectivity index is 1.81. The number of ether oxygens (including phenoxy) is 1. The first kappa shape index (κ1) is 15.8. The normalized spacial score (nSPS) is 22.6. The molecule has 1 saturated heterocycles. The summed E-state index contributed by atoms with van der Waals surface area (Å²) in [6, 6.07) is 10.9. The van der Waals surface area contributed by atoms with Crippen LogP contribution < -0.4 is 10.6 Å². The maximum Gasteiger partial charge on any atom is 0.407 e. The average Bonchev–Trinajstić information content (AvgIpc) is 2.45. The lowest BCUT2D eigenvalue weighted by atomic mass is 9.89. The minimum absolute atomic E-state index is 0.322. The molecule has 1 heterocycles. The quantitative estimate of drug-likeness (QED) is 0.898. The Bertz CT molecular complexity index is 454. The molecule has 116 valence electrons. The molecule has 1 aromatic rings. The lowest BCUT2D eigenvalue weighted by molar-refractivity contribution is 0.0514. The van der Waals surface area contributed by atoms with Gasteiger partial charge in [0.1, 0.15) is 5.60 Å². The predicted molar refractivity (Wildman–Crippen MR) is 84.1 cm³/mol. The minimum atomic E-state index is -0.440. The Labute approximate surface area is 127 Å². The van der Waals surface area contributed by atoms with Crippen molar-refractivity contribution in [3.8, 4) is 0 Å². The van der Waals surface area contributed by atoms with E-state index in [1.54, 1.807) is 0 Å². The fraction of sp³-hybridized carbons (Fsp3) is 0.588. The Morgan fingerprint density at radius 1 is 1.33 bits per heavy atom. The van der Waals surface area contributed by atoms with E-state index in [0.717, 1.165) is 19.4 Å². The van der Waals surface area contributed by atoms with Gasteiger partial charge < -0.3 is 15.4 Å². The van der Waals surface area contributed by atoms with Gasteiger partial charge in [0, 0.05) is 12.6 Å². The number of hydrogen-bond acceptors (Lipinski definition) is 3. The largest absolute Gasteiger partial charge is 0.444 e. The van der Waals surface area contributed by atoms with Crippen molar-refractivity contribution < 1.29 is 9.53 Å². The van der Waals surface area contributed by atoms with Gasteiger partial charge >= 0.3 is 6.09 Å². The van der Waals surface area contributed by atoms with Crippen molar-refractivity contribution in [1.29, 1.82) is 0 Å². The van der Waals surface area contributed by atoms with Crippen LogP contribution in [-0.2, 0) is 4.74 Å². The van der Waals surface area contributed by atoms with E-state index in [2.05, 4.69) is 34.9 Å².